The van der Waals surface area contributed by atoms with Gasteiger partial charge in [0, 0.05) is 38.0 Å². The molecule has 5 nitrogen and oxygen atoms in total. The Morgan fingerprint density at radius 2 is 1.58 bits per heavy atom. The Balaban J connectivity index is 1.46. The molecule has 0 spiro atoms. The van der Waals surface area contributed by atoms with Gasteiger partial charge in [-0.25, -0.2) is 8.78 Å². The molecular weight excluding hydrogens is 426 g/mol. The third-order valence-corrected chi connectivity index (χ3v) is 6.79. The Morgan fingerprint density at radius 1 is 0.879 bits per heavy atom. The summed E-state index contributed by atoms with van der Waals surface area (Å²) in [6.45, 7) is 2.67. The molecule has 0 unspecified atom stereocenters. The molecule has 0 aliphatic carbocycles. The second-order valence-corrected chi connectivity index (χ2v) is 9.14. The van der Waals surface area contributed by atoms with Gasteiger partial charge in [-0.1, -0.05) is 18.2 Å². The zero-order valence-electron chi connectivity index (χ0n) is 18.8. The quantitative estimate of drug-likeness (QED) is 0.635. The number of amides is 2. The fourth-order valence-corrected chi connectivity index (χ4v) is 4.72. The van der Waals surface area contributed by atoms with Crippen molar-refractivity contribution in [1.82, 2.24) is 9.80 Å². The molecule has 2 aliphatic heterocycles. The molecule has 0 radical (unpaired) electrons. The van der Waals surface area contributed by atoms with E-state index in [1.54, 1.807) is 4.90 Å². The van der Waals surface area contributed by atoms with Crippen LogP contribution >= 0.6 is 0 Å². The monoisotopic (exact) mass is 456 g/mol. The number of carbonyl (C=O) groups excluding carboxylic acids is 2. The summed E-state index contributed by atoms with van der Waals surface area (Å²) in [7, 11) is 0. The number of ether oxygens (including phenoxy) is 1. The van der Waals surface area contributed by atoms with Crippen molar-refractivity contribution >= 4 is 11.8 Å². The number of para-hydroxylation sites is 1. The molecule has 4 rings (SSSR count). The number of benzene rings is 2. The van der Waals surface area contributed by atoms with Gasteiger partial charge in [-0.3, -0.25) is 9.59 Å². The summed E-state index contributed by atoms with van der Waals surface area (Å²) < 4.78 is 33.8. The van der Waals surface area contributed by atoms with Crippen LogP contribution in [0.1, 0.15) is 48.9 Å². The van der Waals surface area contributed by atoms with E-state index in [2.05, 4.69) is 0 Å². The third kappa shape index (κ3) is 5.70. The van der Waals surface area contributed by atoms with Gasteiger partial charge in [0.1, 0.15) is 17.4 Å². The maximum Gasteiger partial charge on any atom is 0.256 e. The van der Waals surface area contributed by atoms with Gasteiger partial charge in [0.05, 0.1) is 12.2 Å². The highest BCUT2D eigenvalue weighted by atomic mass is 19.1. The largest absolute Gasteiger partial charge is 0.493 e. The average molecular weight is 457 g/mol. The van der Waals surface area contributed by atoms with Crippen molar-refractivity contribution in [3.05, 3.63) is 65.7 Å². The predicted octanol–water partition coefficient (Wildman–Crippen LogP) is 4.67. The Bertz CT molecular complexity index is 969. The molecule has 0 N–H and O–H groups in total. The van der Waals surface area contributed by atoms with Crippen LogP contribution < -0.4 is 4.74 Å². The summed E-state index contributed by atoms with van der Waals surface area (Å²) in [4.78, 5) is 29.4. The Morgan fingerprint density at radius 3 is 2.27 bits per heavy atom. The summed E-state index contributed by atoms with van der Waals surface area (Å²) in [6.07, 6.45) is 4.68. The number of piperidine rings is 2. The highest BCUT2D eigenvalue weighted by molar-refractivity contribution is 5.94. The minimum atomic E-state index is -0.731. The van der Waals surface area contributed by atoms with Gasteiger partial charge in [-0.15, -0.1) is 0 Å². The lowest BCUT2D eigenvalue weighted by Gasteiger charge is -2.42. The molecule has 7 heteroatoms. The van der Waals surface area contributed by atoms with Crippen molar-refractivity contribution in [2.24, 2.45) is 5.41 Å². The number of hydrogen-bond donors (Lipinski definition) is 0. The summed E-state index contributed by atoms with van der Waals surface area (Å²) in [6, 6.07) is 12.4. The van der Waals surface area contributed by atoms with E-state index in [0.29, 0.717) is 39.0 Å². The van der Waals surface area contributed by atoms with Crippen LogP contribution in [0, 0.1) is 17.0 Å². The maximum absolute atomic E-state index is 14.1. The molecule has 2 aromatic rings. The minimum Gasteiger partial charge on any atom is -0.493 e. The van der Waals surface area contributed by atoms with Crippen molar-refractivity contribution in [3.63, 3.8) is 0 Å². The first kappa shape index (κ1) is 23.2. The lowest BCUT2D eigenvalue weighted by molar-refractivity contribution is -0.136. The van der Waals surface area contributed by atoms with Crippen molar-refractivity contribution in [2.45, 2.75) is 38.5 Å². The molecule has 2 saturated heterocycles. The van der Waals surface area contributed by atoms with E-state index in [1.165, 1.54) is 0 Å². The smallest absolute Gasteiger partial charge is 0.256 e. The van der Waals surface area contributed by atoms with E-state index in [-0.39, 0.29) is 11.5 Å². The second kappa shape index (κ2) is 10.3. The van der Waals surface area contributed by atoms with Crippen molar-refractivity contribution < 1.29 is 23.1 Å². The molecule has 0 aromatic heterocycles. The number of nitrogens with zero attached hydrogens (tertiary/aromatic N) is 2. The highest BCUT2D eigenvalue weighted by Gasteiger charge is 2.40. The molecule has 2 aliphatic rings. The molecule has 0 saturated carbocycles. The fourth-order valence-electron chi connectivity index (χ4n) is 4.72. The predicted molar refractivity (Wildman–Crippen MR) is 121 cm³/mol. The second-order valence-electron chi connectivity index (χ2n) is 9.14. The number of hydrogen-bond acceptors (Lipinski definition) is 3. The minimum absolute atomic E-state index is 0.127. The highest BCUT2D eigenvalue weighted by Crippen LogP contribution is 2.37. The normalized spacial score (nSPS) is 18.1. The number of rotatable bonds is 6. The molecule has 0 atom stereocenters. The molecule has 2 fully saturated rings. The third-order valence-electron chi connectivity index (χ3n) is 6.79. The molecular formula is C26H30F2N2O3. The van der Waals surface area contributed by atoms with Crippen molar-refractivity contribution in [3.8, 4) is 5.75 Å². The first-order valence-corrected chi connectivity index (χ1v) is 11.7. The van der Waals surface area contributed by atoms with E-state index in [4.69, 9.17) is 4.74 Å². The molecule has 2 aromatic carbocycles. The molecule has 2 amide bonds. The van der Waals surface area contributed by atoms with Gasteiger partial charge in [0.25, 0.3) is 5.91 Å². The lowest BCUT2D eigenvalue weighted by atomic mass is 9.75. The Hall–Kier alpha value is -2.96. The van der Waals surface area contributed by atoms with Gasteiger partial charge in [0.2, 0.25) is 5.91 Å². The molecule has 0 bridgehead atoms. The standard InChI is InChI=1S/C26H30F2N2O3/c27-20-9-10-23(28)22(17-20)25(32)30-15-11-26(12-16-30,19-33-21-7-3-1-4-8-21)18-24(31)29-13-5-2-6-14-29/h1,3-4,7-10,17H,2,5-6,11-16,18-19H2. The summed E-state index contributed by atoms with van der Waals surface area (Å²) in [5.41, 5.74) is -0.672. The van der Waals surface area contributed by atoms with E-state index in [1.807, 2.05) is 35.2 Å². The van der Waals surface area contributed by atoms with Crippen LogP contribution in [-0.2, 0) is 4.79 Å². The van der Waals surface area contributed by atoms with Crippen molar-refractivity contribution in [1.29, 1.82) is 0 Å². The molecule has 33 heavy (non-hydrogen) atoms. The van der Waals surface area contributed by atoms with E-state index in [0.717, 1.165) is 56.3 Å². The zero-order chi connectivity index (χ0) is 23.3. The summed E-state index contributed by atoms with van der Waals surface area (Å²) >= 11 is 0. The fraction of sp³-hybridized carbons (Fsp3) is 0.462. The van der Waals surface area contributed by atoms with E-state index >= 15 is 0 Å². The SMILES string of the molecule is O=C(CC1(COc2ccccc2)CCN(C(=O)c2cc(F)ccc2F)CC1)N1CCCCC1. The van der Waals surface area contributed by atoms with Crippen LogP contribution in [-0.4, -0.2) is 54.4 Å². The first-order valence-electron chi connectivity index (χ1n) is 11.7. The topological polar surface area (TPSA) is 49.9 Å². The van der Waals surface area contributed by atoms with E-state index in [9.17, 15) is 18.4 Å². The van der Waals surface area contributed by atoms with Crippen LogP contribution in [0.25, 0.3) is 0 Å². The molecule has 176 valence electrons. The van der Waals surface area contributed by atoms with Gasteiger partial charge >= 0.3 is 0 Å². The number of carbonyl (C=O) groups is 2. The first-order chi connectivity index (χ1) is 16.0. The Labute approximate surface area is 193 Å². The number of halogens is 2. The maximum atomic E-state index is 14.1. The van der Waals surface area contributed by atoms with Crippen LogP contribution in [0.5, 0.6) is 5.75 Å². The summed E-state index contributed by atoms with van der Waals surface area (Å²) in [5.74, 6) is -1.03. The van der Waals surface area contributed by atoms with Crippen LogP contribution in [0.4, 0.5) is 8.78 Å². The van der Waals surface area contributed by atoms with Crippen molar-refractivity contribution in [2.75, 3.05) is 32.8 Å². The average Bonchev–Trinajstić information content (AvgIpc) is 2.85. The van der Waals surface area contributed by atoms with Crippen LogP contribution in [0.15, 0.2) is 48.5 Å². The van der Waals surface area contributed by atoms with Gasteiger partial charge in [-0.05, 0) is 62.4 Å². The zero-order valence-corrected chi connectivity index (χ0v) is 18.8. The van der Waals surface area contributed by atoms with Gasteiger partial charge in [0.15, 0.2) is 0 Å². The van der Waals surface area contributed by atoms with Gasteiger partial charge < -0.3 is 14.5 Å². The number of likely N-dealkylation sites (tertiary alicyclic amines) is 2. The molecule has 2 heterocycles. The van der Waals surface area contributed by atoms with Crippen LogP contribution in [0.2, 0.25) is 0 Å². The van der Waals surface area contributed by atoms with Crippen LogP contribution in [0.3, 0.4) is 0 Å². The Kier molecular flexibility index (Phi) is 7.26. The van der Waals surface area contributed by atoms with Gasteiger partial charge in [-0.2, -0.15) is 0 Å². The summed E-state index contributed by atoms with van der Waals surface area (Å²) in [5, 5.41) is 0. The van der Waals surface area contributed by atoms with E-state index < -0.39 is 23.0 Å². The lowest BCUT2D eigenvalue weighted by Crippen LogP contribution is -2.48.